The van der Waals surface area contributed by atoms with Gasteiger partial charge in [-0.25, -0.2) is 4.79 Å². The monoisotopic (exact) mass is 435 g/mol. The first kappa shape index (κ1) is 23.7. The van der Waals surface area contributed by atoms with Crippen molar-refractivity contribution in [1.82, 2.24) is 15.1 Å². The van der Waals surface area contributed by atoms with Crippen molar-refractivity contribution < 1.29 is 19.1 Å². The van der Waals surface area contributed by atoms with Gasteiger partial charge >= 0.3 is 6.09 Å². The van der Waals surface area contributed by atoms with Crippen LogP contribution < -0.4 is 5.32 Å². The average Bonchev–Trinajstić information content (AvgIpc) is 2.92. The van der Waals surface area contributed by atoms with Gasteiger partial charge in [0.05, 0.1) is 0 Å². The highest BCUT2D eigenvalue weighted by atomic mass is 35.5. The number of ether oxygens (including phenoxy) is 1. The molecule has 1 N–H and O–H groups in total. The van der Waals surface area contributed by atoms with E-state index in [2.05, 4.69) is 5.32 Å². The molecule has 1 aromatic carbocycles. The van der Waals surface area contributed by atoms with Gasteiger partial charge in [-0.1, -0.05) is 29.8 Å². The molecule has 0 atom stereocenters. The fourth-order valence-electron chi connectivity index (χ4n) is 3.01. The fraction of sp³-hybridized carbons (Fsp3) is 0.500. The first-order valence-electron chi connectivity index (χ1n) is 10.1. The third-order valence-corrected chi connectivity index (χ3v) is 4.82. The van der Waals surface area contributed by atoms with Gasteiger partial charge in [-0.05, 0) is 44.9 Å². The number of rotatable bonds is 5. The second kappa shape index (κ2) is 11.0. The summed E-state index contributed by atoms with van der Waals surface area (Å²) in [7, 11) is 0. The summed E-state index contributed by atoms with van der Waals surface area (Å²) < 4.78 is 5.15. The Morgan fingerprint density at radius 1 is 1.10 bits per heavy atom. The number of nitrogens with one attached hydrogen (secondary N) is 1. The summed E-state index contributed by atoms with van der Waals surface area (Å²) in [6, 6.07) is 7.33. The summed E-state index contributed by atoms with van der Waals surface area (Å²) in [5, 5.41) is 3.19. The molecule has 0 bridgehead atoms. The molecular formula is C22H30ClN3O4. The molecule has 8 heteroatoms. The molecule has 7 nitrogen and oxygen atoms in total. The lowest BCUT2D eigenvalue weighted by Gasteiger charge is -2.22. The predicted molar refractivity (Wildman–Crippen MR) is 117 cm³/mol. The number of nitrogens with zero attached hydrogens (tertiary/aromatic N) is 2. The van der Waals surface area contributed by atoms with Crippen molar-refractivity contribution >= 4 is 35.6 Å². The number of hydrogen-bond donors (Lipinski definition) is 1. The summed E-state index contributed by atoms with van der Waals surface area (Å²) in [5.74, 6) is -0.150. The smallest absolute Gasteiger partial charge is 0.407 e. The summed E-state index contributed by atoms with van der Waals surface area (Å²) >= 11 is 6.11. The van der Waals surface area contributed by atoms with E-state index in [0.717, 1.165) is 5.56 Å². The van der Waals surface area contributed by atoms with E-state index in [1.54, 1.807) is 42.7 Å². The number of alkyl carbamates (subject to hydrolysis) is 1. The Balaban J connectivity index is 1.78. The van der Waals surface area contributed by atoms with Gasteiger partial charge < -0.3 is 19.9 Å². The molecule has 0 radical (unpaired) electrons. The van der Waals surface area contributed by atoms with Crippen LogP contribution in [0.1, 0.15) is 39.2 Å². The number of benzene rings is 1. The highest BCUT2D eigenvalue weighted by Crippen LogP contribution is 2.16. The number of carbonyl (C=O) groups is 3. The highest BCUT2D eigenvalue weighted by Gasteiger charge is 2.21. The molecule has 1 aromatic rings. The zero-order valence-corrected chi connectivity index (χ0v) is 18.6. The van der Waals surface area contributed by atoms with Crippen LogP contribution in [-0.2, 0) is 14.3 Å². The van der Waals surface area contributed by atoms with Gasteiger partial charge in [-0.3, -0.25) is 9.59 Å². The molecule has 1 saturated heterocycles. The zero-order valence-electron chi connectivity index (χ0n) is 17.8. The molecule has 164 valence electrons. The van der Waals surface area contributed by atoms with Gasteiger partial charge in [0.25, 0.3) is 0 Å². The lowest BCUT2D eigenvalue weighted by molar-refractivity contribution is -0.131. The first-order chi connectivity index (χ1) is 14.2. The number of carbonyl (C=O) groups excluding carboxylic acids is 3. The van der Waals surface area contributed by atoms with Crippen LogP contribution in [0.4, 0.5) is 4.79 Å². The lowest BCUT2D eigenvalue weighted by Crippen LogP contribution is -2.39. The minimum Gasteiger partial charge on any atom is -0.444 e. The van der Waals surface area contributed by atoms with E-state index in [9.17, 15) is 14.4 Å². The topological polar surface area (TPSA) is 79.0 Å². The molecule has 1 heterocycles. The third kappa shape index (κ3) is 8.06. The van der Waals surface area contributed by atoms with Crippen LogP contribution in [-0.4, -0.2) is 66.0 Å². The van der Waals surface area contributed by atoms with Crippen molar-refractivity contribution in [3.05, 3.63) is 40.9 Å². The second-order valence-electron chi connectivity index (χ2n) is 8.09. The average molecular weight is 436 g/mol. The molecule has 2 rings (SSSR count). The van der Waals surface area contributed by atoms with E-state index < -0.39 is 11.7 Å². The minimum atomic E-state index is -0.574. The van der Waals surface area contributed by atoms with Gasteiger partial charge in [0.15, 0.2) is 0 Å². The Hall–Kier alpha value is -2.54. The Kier molecular flexibility index (Phi) is 8.72. The van der Waals surface area contributed by atoms with Crippen molar-refractivity contribution in [2.24, 2.45) is 0 Å². The number of halogens is 1. The van der Waals surface area contributed by atoms with E-state index in [1.807, 2.05) is 18.2 Å². The van der Waals surface area contributed by atoms with Crippen LogP contribution in [0.15, 0.2) is 30.3 Å². The van der Waals surface area contributed by atoms with Gasteiger partial charge in [-0.2, -0.15) is 0 Å². The minimum absolute atomic E-state index is 0.0491. The van der Waals surface area contributed by atoms with Crippen molar-refractivity contribution in [3.63, 3.8) is 0 Å². The lowest BCUT2D eigenvalue weighted by atomic mass is 10.2. The second-order valence-corrected chi connectivity index (χ2v) is 8.50. The third-order valence-electron chi connectivity index (χ3n) is 4.48. The summed E-state index contributed by atoms with van der Waals surface area (Å²) in [5.41, 5.74) is 0.214. The Bertz CT molecular complexity index is 789. The molecule has 0 aromatic heterocycles. The van der Waals surface area contributed by atoms with E-state index in [4.69, 9.17) is 16.3 Å². The molecule has 0 saturated carbocycles. The van der Waals surface area contributed by atoms with E-state index in [1.165, 1.54) is 6.08 Å². The van der Waals surface area contributed by atoms with Crippen molar-refractivity contribution in [3.8, 4) is 0 Å². The van der Waals surface area contributed by atoms with Crippen molar-refractivity contribution in [1.29, 1.82) is 0 Å². The van der Waals surface area contributed by atoms with Gasteiger partial charge in [-0.15, -0.1) is 0 Å². The van der Waals surface area contributed by atoms with Crippen LogP contribution in [0.3, 0.4) is 0 Å². The maximum atomic E-state index is 12.5. The molecule has 0 aliphatic carbocycles. The first-order valence-corrected chi connectivity index (χ1v) is 10.5. The maximum absolute atomic E-state index is 12.5. The highest BCUT2D eigenvalue weighted by molar-refractivity contribution is 6.32. The zero-order chi connectivity index (χ0) is 22.1. The van der Waals surface area contributed by atoms with Crippen LogP contribution >= 0.6 is 11.6 Å². The molecule has 3 amide bonds. The molecule has 30 heavy (non-hydrogen) atoms. The van der Waals surface area contributed by atoms with Crippen molar-refractivity contribution in [2.45, 2.75) is 39.2 Å². The van der Waals surface area contributed by atoms with Crippen molar-refractivity contribution in [2.75, 3.05) is 32.7 Å². The summed E-state index contributed by atoms with van der Waals surface area (Å²) in [6.45, 7) is 7.68. The molecule has 0 spiro atoms. The molecule has 1 aliphatic heterocycles. The van der Waals surface area contributed by atoms with Crippen LogP contribution in [0.2, 0.25) is 5.02 Å². The SMILES string of the molecule is CC(C)(C)OC(=O)NCCC(=O)N1CCCN(C(=O)/C=C/c2ccccc2Cl)CC1. The van der Waals surface area contributed by atoms with E-state index in [0.29, 0.717) is 37.6 Å². The summed E-state index contributed by atoms with van der Waals surface area (Å²) in [6.07, 6.45) is 3.59. The number of amides is 3. The van der Waals surface area contributed by atoms with Crippen LogP contribution in [0.25, 0.3) is 6.08 Å². The number of hydrogen-bond acceptors (Lipinski definition) is 4. The predicted octanol–water partition coefficient (Wildman–Crippen LogP) is 3.33. The molecular weight excluding hydrogens is 406 g/mol. The molecule has 0 unspecified atom stereocenters. The Morgan fingerprint density at radius 2 is 1.77 bits per heavy atom. The van der Waals surface area contributed by atoms with E-state index >= 15 is 0 Å². The van der Waals surface area contributed by atoms with Gasteiger partial charge in [0.1, 0.15) is 5.60 Å². The molecule has 1 fully saturated rings. The quantitative estimate of drug-likeness (QED) is 0.719. The normalized spacial score (nSPS) is 15.1. The van der Waals surface area contributed by atoms with Crippen LogP contribution in [0.5, 0.6) is 0 Å². The van der Waals surface area contributed by atoms with E-state index in [-0.39, 0.29) is 24.8 Å². The van der Waals surface area contributed by atoms with Crippen LogP contribution in [0, 0.1) is 0 Å². The Morgan fingerprint density at radius 3 is 2.47 bits per heavy atom. The maximum Gasteiger partial charge on any atom is 0.407 e. The standard InChI is InChI=1S/C22H30ClN3O4/c1-22(2,3)30-21(29)24-12-11-20(28)26-14-6-13-25(15-16-26)19(27)10-9-17-7-4-5-8-18(17)23/h4-5,7-10H,6,11-16H2,1-3H3,(H,24,29)/b10-9+. The Labute approximate surface area is 183 Å². The fourth-order valence-corrected chi connectivity index (χ4v) is 3.21. The largest absolute Gasteiger partial charge is 0.444 e. The summed E-state index contributed by atoms with van der Waals surface area (Å²) in [4.78, 5) is 40.1. The molecule has 1 aliphatic rings. The van der Waals surface area contributed by atoms with Gasteiger partial charge in [0.2, 0.25) is 11.8 Å². The van der Waals surface area contributed by atoms with Gasteiger partial charge in [0, 0.05) is 50.2 Å².